The molecular weight excluding hydrogens is 436 g/mol. The summed E-state index contributed by atoms with van der Waals surface area (Å²) in [5.41, 5.74) is 9.00. The van der Waals surface area contributed by atoms with Gasteiger partial charge in [-0.15, -0.1) is 5.10 Å². The van der Waals surface area contributed by atoms with Gasteiger partial charge in [-0.1, -0.05) is 5.21 Å². The summed E-state index contributed by atoms with van der Waals surface area (Å²) in [5.74, 6) is -0.0439. The monoisotopic (exact) mass is 450 g/mol. The van der Waals surface area contributed by atoms with Crippen LogP contribution in [0.25, 0.3) is 17.1 Å². The Morgan fingerprint density at radius 2 is 2.00 bits per heavy atom. The molecule has 14 nitrogen and oxygen atoms in total. The van der Waals surface area contributed by atoms with E-state index in [1.54, 1.807) is 18.2 Å². The van der Waals surface area contributed by atoms with E-state index in [4.69, 9.17) is 15.2 Å². The van der Waals surface area contributed by atoms with Gasteiger partial charge < -0.3 is 25.4 Å². The van der Waals surface area contributed by atoms with E-state index in [0.29, 0.717) is 17.1 Å². The normalized spacial score (nSPS) is 12.4. The number of rotatable bonds is 5. The van der Waals surface area contributed by atoms with Gasteiger partial charge in [-0.05, 0) is 40.6 Å². The minimum absolute atomic E-state index is 0.0340. The second kappa shape index (κ2) is 7.84. The van der Waals surface area contributed by atoms with Gasteiger partial charge in [0.25, 0.3) is 5.91 Å². The van der Waals surface area contributed by atoms with Crippen molar-refractivity contribution in [2.45, 2.75) is 0 Å². The smallest absolute Gasteiger partial charge is 0.294 e. The Hall–Kier alpha value is -5.14. The van der Waals surface area contributed by atoms with Crippen LogP contribution in [0.1, 0.15) is 16.1 Å². The molecule has 0 fully saturated rings. The molecule has 5 rings (SSSR count). The average molecular weight is 450 g/mol. The zero-order valence-corrected chi connectivity index (χ0v) is 16.5. The van der Waals surface area contributed by atoms with Crippen molar-refractivity contribution in [2.75, 3.05) is 12.5 Å². The number of nitrogens with one attached hydrogen (secondary N) is 1. The number of fused-ring (bicyclic) bond motifs is 1. The lowest BCUT2D eigenvalue weighted by molar-refractivity contribution is 0.0950. The standard InChI is InChI=1S/C19H14N8O6/c20-17-18(25-33-24-17)27-16(9-2-4-13-14(5-9)32-8-31-13)15(22-26-27)19(30)23-21-7-10-1-3-11(28)6-12(10)29/h1-7,28-29H,8H2,(H2,20,24)(H,23,30). The molecule has 33 heavy (non-hydrogen) atoms. The van der Waals surface area contributed by atoms with Gasteiger partial charge in [0.2, 0.25) is 18.4 Å². The molecule has 5 N–H and O–H groups in total. The molecule has 3 heterocycles. The molecule has 1 aliphatic rings. The number of carbonyl (C=O) groups excluding carboxylic acids is 1. The third-order valence-corrected chi connectivity index (χ3v) is 4.61. The number of hydrogen-bond donors (Lipinski definition) is 4. The van der Waals surface area contributed by atoms with Crippen LogP contribution in [0.3, 0.4) is 0 Å². The maximum Gasteiger partial charge on any atom is 0.294 e. The number of aromatic nitrogens is 5. The highest BCUT2D eigenvalue weighted by atomic mass is 16.7. The van der Waals surface area contributed by atoms with Crippen LogP contribution < -0.4 is 20.6 Å². The van der Waals surface area contributed by atoms with E-state index in [0.717, 1.165) is 6.07 Å². The summed E-state index contributed by atoms with van der Waals surface area (Å²) in [4.78, 5) is 12.9. The Morgan fingerprint density at radius 1 is 1.15 bits per heavy atom. The minimum atomic E-state index is -0.710. The summed E-state index contributed by atoms with van der Waals surface area (Å²) < 4.78 is 16.6. The molecule has 0 aliphatic carbocycles. The quantitative estimate of drug-likeness (QED) is 0.248. The topological polar surface area (TPSA) is 196 Å². The molecule has 166 valence electrons. The number of hydrogen-bond acceptors (Lipinski definition) is 12. The summed E-state index contributed by atoms with van der Waals surface area (Å²) in [6, 6.07) is 8.93. The number of aromatic hydroxyl groups is 2. The molecule has 0 saturated carbocycles. The molecule has 0 bridgehead atoms. The third kappa shape index (κ3) is 3.60. The predicted molar refractivity (Wildman–Crippen MR) is 110 cm³/mol. The number of nitrogens with two attached hydrogens (primary N) is 1. The van der Waals surface area contributed by atoms with Gasteiger partial charge >= 0.3 is 0 Å². The number of nitrogen functional groups attached to an aromatic ring is 1. The largest absolute Gasteiger partial charge is 0.508 e. The zero-order valence-electron chi connectivity index (χ0n) is 16.5. The number of phenols is 2. The van der Waals surface area contributed by atoms with E-state index in [9.17, 15) is 15.0 Å². The first-order valence-electron chi connectivity index (χ1n) is 9.31. The lowest BCUT2D eigenvalue weighted by Crippen LogP contribution is -2.19. The second-order valence-corrected chi connectivity index (χ2v) is 6.68. The lowest BCUT2D eigenvalue weighted by atomic mass is 10.1. The molecule has 1 aliphatic heterocycles. The molecule has 0 saturated heterocycles. The number of benzene rings is 2. The zero-order chi connectivity index (χ0) is 22.9. The maximum absolute atomic E-state index is 12.9. The number of phenolic OH excluding ortho intramolecular Hbond substituents is 2. The van der Waals surface area contributed by atoms with Crippen LogP contribution in [-0.4, -0.2) is 54.4 Å². The van der Waals surface area contributed by atoms with E-state index in [1.807, 2.05) is 0 Å². The average Bonchev–Trinajstić information content (AvgIpc) is 3.53. The lowest BCUT2D eigenvalue weighted by Gasteiger charge is -2.07. The number of anilines is 1. The summed E-state index contributed by atoms with van der Waals surface area (Å²) >= 11 is 0. The fraction of sp³-hybridized carbons (Fsp3) is 0.0526. The first-order chi connectivity index (χ1) is 16.0. The molecule has 0 unspecified atom stereocenters. The van der Waals surface area contributed by atoms with Crippen molar-refractivity contribution in [2.24, 2.45) is 5.10 Å². The highest BCUT2D eigenvalue weighted by Crippen LogP contribution is 2.37. The van der Waals surface area contributed by atoms with E-state index in [2.05, 4.69) is 35.8 Å². The van der Waals surface area contributed by atoms with E-state index in [-0.39, 0.29) is 46.9 Å². The van der Waals surface area contributed by atoms with Crippen LogP contribution in [0.4, 0.5) is 5.82 Å². The Morgan fingerprint density at radius 3 is 2.79 bits per heavy atom. The van der Waals surface area contributed by atoms with Gasteiger partial charge in [-0.2, -0.15) is 9.78 Å². The van der Waals surface area contributed by atoms with Crippen LogP contribution >= 0.6 is 0 Å². The maximum atomic E-state index is 12.9. The van der Waals surface area contributed by atoms with Crippen molar-refractivity contribution in [3.05, 3.63) is 47.7 Å². The van der Waals surface area contributed by atoms with E-state index >= 15 is 0 Å². The van der Waals surface area contributed by atoms with Crippen molar-refractivity contribution < 1.29 is 29.1 Å². The van der Waals surface area contributed by atoms with Gasteiger partial charge in [0.15, 0.2) is 17.2 Å². The number of carbonyl (C=O) groups is 1. The van der Waals surface area contributed by atoms with Gasteiger partial charge in [-0.25, -0.2) is 10.1 Å². The molecule has 2 aromatic carbocycles. The SMILES string of the molecule is Nc1nonc1-n1nnc(C(=O)NN=Cc2ccc(O)cc2O)c1-c1ccc2c(c1)OCO2. The second-order valence-electron chi connectivity index (χ2n) is 6.68. The minimum Gasteiger partial charge on any atom is -0.508 e. The molecular formula is C19H14N8O6. The van der Waals surface area contributed by atoms with Crippen LogP contribution in [0.5, 0.6) is 23.0 Å². The molecule has 2 aromatic heterocycles. The third-order valence-electron chi connectivity index (χ3n) is 4.61. The van der Waals surface area contributed by atoms with Gasteiger partial charge in [-0.3, -0.25) is 4.79 Å². The summed E-state index contributed by atoms with van der Waals surface area (Å²) in [5, 5.41) is 38.2. The number of nitrogens with zero attached hydrogens (tertiary/aromatic N) is 6. The molecule has 0 radical (unpaired) electrons. The summed E-state index contributed by atoms with van der Waals surface area (Å²) in [6.07, 6.45) is 1.21. The van der Waals surface area contributed by atoms with Crippen LogP contribution in [0.15, 0.2) is 46.1 Å². The fourth-order valence-corrected chi connectivity index (χ4v) is 3.08. The van der Waals surface area contributed by atoms with Crippen LogP contribution in [0, 0.1) is 0 Å². The molecule has 4 aromatic rings. The highest BCUT2D eigenvalue weighted by Gasteiger charge is 2.26. The van der Waals surface area contributed by atoms with Crippen molar-refractivity contribution in [1.29, 1.82) is 0 Å². The van der Waals surface area contributed by atoms with Gasteiger partial charge in [0.05, 0.1) is 6.21 Å². The number of ether oxygens (including phenoxy) is 2. The molecule has 14 heteroatoms. The Bertz CT molecular complexity index is 1390. The van der Waals surface area contributed by atoms with Gasteiger partial charge in [0.1, 0.15) is 17.2 Å². The Labute approximate surface area is 183 Å². The van der Waals surface area contributed by atoms with Crippen molar-refractivity contribution in [3.63, 3.8) is 0 Å². The van der Waals surface area contributed by atoms with E-state index < -0.39 is 5.91 Å². The van der Waals surface area contributed by atoms with Crippen molar-refractivity contribution in [1.82, 2.24) is 30.7 Å². The molecule has 0 atom stereocenters. The highest BCUT2D eigenvalue weighted by molar-refractivity contribution is 5.99. The van der Waals surface area contributed by atoms with Crippen LogP contribution in [-0.2, 0) is 0 Å². The van der Waals surface area contributed by atoms with Crippen LogP contribution in [0.2, 0.25) is 0 Å². The first kappa shape index (κ1) is 19.8. The molecule has 0 spiro atoms. The Balaban J connectivity index is 1.51. The Kier molecular flexibility index (Phi) is 4.71. The van der Waals surface area contributed by atoms with E-state index in [1.165, 1.54) is 23.0 Å². The first-order valence-corrected chi connectivity index (χ1v) is 9.31. The number of hydrazone groups is 1. The number of amides is 1. The fourth-order valence-electron chi connectivity index (χ4n) is 3.08. The summed E-state index contributed by atoms with van der Waals surface area (Å²) in [7, 11) is 0. The molecule has 1 amide bonds. The van der Waals surface area contributed by atoms with Crippen molar-refractivity contribution >= 4 is 17.9 Å². The van der Waals surface area contributed by atoms with Crippen molar-refractivity contribution in [3.8, 4) is 40.1 Å². The van der Waals surface area contributed by atoms with Gasteiger partial charge in [0, 0.05) is 17.2 Å². The predicted octanol–water partition coefficient (Wildman–Crippen LogP) is 0.803. The summed E-state index contributed by atoms with van der Waals surface area (Å²) in [6.45, 7) is 0.0720.